The first-order valence-electron chi connectivity index (χ1n) is 5.06. The minimum Gasteiger partial charge on any atom is -0.359 e. The molecular weight excluding hydrogens is 260 g/mol. The third-order valence-corrected chi connectivity index (χ3v) is 2.33. The predicted molar refractivity (Wildman–Crippen MR) is 74.0 cm³/mol. The highest BCUT2D eigenvalue weighted by atomic mass is 35.5. The van der Waals surface area contributed by atoms with Crippen molar-refractivity contribution in [3.63, 3.8) is 0 Å². The Labute approximate surface area is 111 Å². The molecule has 0 aromatic heterocycles. The van der Waals surface area contributed by atoms with Crippen LogP contribution in [0.4, 0.5) is 10.1 Å². The molecule has 0 unspecified atom stereocenters. The maximum atomic E-state index is 13.2. The standard InChI is InChI=1S/C13H14Cl2FN/c1-4-10-7-11(5-6-12(10)16)17-9(2)8-13(3,14)15/h4-7,17H,1-2,8H2,3H3. The number of hydrogen-bond donors (Lipinski definition) is 1. The summed E-state index contributed by atoms with van der Waals surface area (Å²) in [7, 11) is 0. The Balaban J connectivity index is 2.75. The Morgan fingerprint density at radius 2 is 2.18 bits per heavy atom. The van der Waals surface area contributed by atoms with Gasteiger partial charge >= 0.3 is 0 Å². The molecule has 0 radical (unpaired) electrons. The van der Waals surface area contributed by atoms with Gasteiger partial charge in [0, 0.05) is 23.4 Å². The molecule has 0 atom stereocenters. The maximum absolute atomic E-state index is 13.2. The van der Waals surface area contributed by atoms with Crippen LogP contribution in [-0.2, 0) is 0 Å². The van der Waals surface area contributed by atoms with Crippen molar-refractivity contribution in [1.82, 2.24) is 0 Å². The van der Waals surface area contributed by atoms with Gasteiger partial charge in [-0.3, -0.25) is 0 Å². The molecule has 0 saturated heterocycles. The van der Waals surface area contributed by atoms with Crippen LogP contribution in [0.1, 0.15) is 18.9 Å². The lowest BCUT2D eigenvalue weighted by Crippen LogP contribution is -2.11. The summed E-state index contributed by atoms with van der Waals surface area (Å²) in [6, 6.07) is 4.63. The molecule has 4 heteroatoms. The van der Waals surface area contributed by atoms with E-state index in [1.54, 1.807) is 19.1 Å². The van der Waals surface area contributed by atoms with E-state index in [1.807, 2.05) is 0 Å². The quantitative estimate of drug-likeness (QED) is 0.747. The van der Waals surface area contributed by atoms with Crippen LogP contribution in [0.2, 0.25) is 0 Å². The zero-order chi connectivity index (χ0) is 13.1. The van der Waals surface area contributed by atoms with Gasteiger partial charge < -0.3 is 5.32 Å². The molecule has 0 bridgehead atoms. The summed E-state index contributed by atoms with van der Waals surface area (Å²) in [6.45, 7) is 9.04. The van der Waals surface area contributed by atoms with E-state index in [2.05, 4.69) is 18.5 Å². The molecule has 0 aliphatic rings. The molecule has 17 heavy (non-hydrogen) atoms. The van der Waals surface area contributed by atoms with Crippen molar-refractivity contribution in [3.8, 4) is 0 Å². The smallest absolute Gasteiger partial charge is 0.130 e. The zero-order valence-electron chi connectivity index (χ0n) is 9.56. The Morgan fingerprint density at radius 1 is 1.53 bits per heavy atom. The Hall–Kier alpha value is -0.990. The first-order valence-corrected chi connectivity index (χ1v) is 5.82. The number of allylic oxidation sites excluding steroid dienone is 1. The van der Waals surface area contributed by atoms with Gasteiger partial charge in [0.05, 0.1) is 0 Å². The second kappa shape index (κ2) is 5.56. The summed E-state index contributed by atoms with van der Waals surface area (Å²) in [5.41, 5.74) is 1.82. The zero-order valence-corrected chi connectivity index (χ0v) is 11.1. The van der Waals surface area contributed by atoms with Crippen molar-refractivity contribution in [1.29, 1.82) is 0 Å². The van der Waals surface area contributed by atoms with E-state index < -0.39 is 4.33 Å². The minimum absolute atomic E-state index is 0.310. The summed E-state index contributed by atoms with van der Waals surface area (Å²) in [6.07, 6.45) is 1.85. The van der Waals surface area contributed by atoms with Crippen LogP contribution in [0.3, 0.4) is 0 Å². The number of alkyl halides is 2. The average Bonchev–Trinajstić information content (AvgIpc) is 2.18. The lowest BCUT2D eigenvalue weighted by atomic mass is 10.1. The number of nitrogens with one attached hydrogen (secondary N) is 1. The molecule has 0 saturated carbocycles. The van der Waals surface area contributed by atoms with E-state index in [0.29, 0.717) is 17.7 Å². The topological polar surface area (TPSA) is 12.0 Å². The van der Waals surface area contributed by atoms with E-state index in [0.717, 1.165) is 5.69 Å². The lowest BCUT2D eigenvalue weighted by molar-refractivity contribution is 0.625. The van der Waals surface area contributed by atoms with E-state index in [-0.39, 0.29) is 5.82 Å². The number of hydrogen-bond acceptors (Lipinski definition) is 1. The fraction of sp³-hybridized carbons (Fsp3) is 0.231. The van der Waals surface area contributed by atoms with Crippen molar-refractivity contribution in [2.75, 3.05) is 5.32 Å². The highest BCUT2D eigenvalue weighted by molar-refractivity contribution is 6.48. The van der Waals surface area contributed by atoms with E-state index in [4.69, 9.17) is 23.2 Å². The van der Waals surface area contributed by atoms with Crippen LogP contribution in [-0.4, -0.2) is 4.33 Å². The van der Waals surface area contributed by atoms with Gasteiger partial charge in [-0.1, -0.05) is 19.2 Å². The van der Waals surface area contributed by atoms with E-state index >= 15 is 0 Å². The van der Waals surface area contributed by atoms with Gasteiger partial charge in [0.25, 0.3) is 0 Å². The Bertz CT molecular complexity index is 436. The molecule has 0 fully saturated rings. The second-order valence-electron chi connectivity index (χ2n) is 3.92. The van der Waals surface area contributed by atoms with E-state index in [9.17, 15) is 4.39 Å². The Kier molecular flexibility index (Phi) is 4.61. The van der Waals surface area contributed by atoms with Gasteiger partial charge in [0.2, 0.25) is 0 Å². The number of rotatable bonds is 5. The molecule has 1 N–H and O–H groups in total. The predicted octanol–water partition coefficient (Wildman–Crippen LogP) is 4.98. The van der Waals surface area contributed by atoms with Crippen LogP contribution in [0.25, 0.3) is 6.08 Å². The van der Waals surface area contributed by atoms with Crippen molar-refractivity contribution in [3.05, 3.63) is 48.4 Å². The Morgan fingerprint density at radius 3 is 2.71 bits per heavy atom. The highest BCUT2D eigenvalue weighted by Crippen LogP contribution is 2.28. The van der Waals surface area contributed by atoms with Crippen LogP contribution < -0.4 is 5.32 Å². The monoisotopic (exact) mass is 273 g/mol. The summed E-state index contributed by atoms with van der Waals surface area (Å²) < 4.78 is 12.3. The normalized spacial score (nSPS) is 11.1. The van der Waals surface area contributed by atoms with Crippen molar-refractivity contribution in [2.45, 2.75) is 17.7 Å². The van der Waals surface area contributed by atoms with Gasteiger partial charge in [-0.25, -0.2) is 4.39 Å². The molecule has 0 aliphatic carbocycles. The van der Waals surface area contributed by atoms with Gasteiger partial charge in [-0.2, -0.15) is 0 Å². The molecule has 1 rings (SSSR count). The average molecular weight is 274 g/mol. The number of benzene rings is 1. The van der Waals surface area contributed by atoms with E-state index in [1.165, 1.54) is 12.1 Å². The SMILES string of the molecule is C=Cc1cc(NC(=C)CC(C)(Cl)Cl)ccc1F. The third kappa shape index (κ3) is 4.80. The fourth-order valence-corrected chi connectivity index (χ4v) is 1.72. The molecule has 1 aromatic rings. The lowest BCUT2D eigenvalue weighted by Gasteiger charge is -2.16. The highest BCUT2D eigenvalue weighted by Gasteiger charge is 2.17. The number of anilines is 1. The second-order valence-corrected chi connectivity index (χ2v) is 5.78. The fourth-order valence-electron chi connectivity index (χ4n) is 1.40. The molecule has 1 aromatic carbocycles. The molecule has 1 nitrogen and oxygen atoms in total. The summed E-state index contributed by atoms with van der Waals surface area (Å²) >= 11 is 11.7. The minimum atomic E-state index is -0.870. The first-order chi connectivity index (χ1) is 7.81. The maximum Gasteiger partial charge on any atom is 0.130 e. The van der Waals surface area contributed by atoms with Gasteiger partial charge in [0.15, 0.2) is 0 Å². The van der Waals surface area contributed by atoms with Crippen LogP contribution >= 0.6 is 23.2 Å². The summed E-state index contributed by atoms with van der Waals surface area (Å²) in [4.78, 5) is 0. The molecule has 92 valence electrons. The molecule has 0 heterocycles. The molecular formula is C13H14Cl2FN. The molecule has 0 amide bonds. The van der Waals surface area contributed by atoms with Crippen molar-refractivity contribution < 1.29 is 4.39 Å². The third-order valence-electron chi connectivity index (χ3n) is 2.06. The molecule has 0 spiro atoms. The van der Waals surface area contributed by atoms with Crippen molar-refractivity contribution in [2.24, 2.45) is 0 Å². The van der Waals surface area contributed by atoms with Gasteiger partial charge in [0.1, 0.15) is 10.2 Å². The van der Waals surface area contributed by atoms with Crippen molar-refractivity contribution >= 4 is 35.0 Å². The largest absolute Gasteiger partial charge is 0.359 e. The van der Waals surface area contributed by atoms with Gasteiger partial charge in [-0.05, 0) is 25.1 Å². The summed E-state index contributed by atoms with van der Waals surface area (Å²) in [5, 5.41) is 3.02. The van der Waals surface area contributed by atoms with Crippen LogP contribution in [0, 0.1) is 5.82 Å². The van der Waals surface area contributed by atoms with Gasteiger partial charge in [-0.15, -0.1) is 23.2 Å². The van der Waals surface area contributed by atoms with Crippen LogP contribution in [0.5, 0.6) is 0 Å². The first kappa shape index (κ1) is 14.1. The number of halogens is 3. The van der Waals surface area contributed by atoms with Crippen LogP contribution in [0.15, 0.2) is 37.1 Å². The summed E-state index contributed by atoms with van der Waals surface area (Å²) in [5.74, 6) is -0.310. The molecule has 0 aliphatic heterocycles.